The molecule has 0 atom stereocenters. The summed E-state index contributed by atoms with van der Waals surface area (Å²) in [6, 6.07) is 13.2. The Hall–Kier alpha value is -3.18. The van der Waals surface area contributed by atoms with Crippen molar-refractivity contribution in [2.45, 2.75) is 13.5 Å². The number of hydrogen-bond acceptors (Lipinski definition) is 5. The van der Waals surface area contributed by atoms with E-state index in [2.05, 4.69) is 31.5 Å². The lowest BCUT2D eigenvalue weighted by atomic mass is 10.2. The fourth-order valence-electron chi connectivity index (χ4n) is 3.62. The molecular formula is C26H25BrCl3N5O4. The Morgan fingerprint density at radius 3 is 2.54 bits per heavy atom. The first-order valence-electron chi connectivity index (χ1n) is 11.4. The van der Waals surface area contributed by atoms with Gasteiger partial charge in [0.15, 0.2) is 11.4 Å². The Kier molecular flexibility index (Phi) is 10.3. The molecule has 2 heterocycles. The first-order chi connectivity index (χ1) is 18.2. The molecule has 0 bridgehead atoms. The molecule has 3 amide bonds. The number of benzene rings is 2. The summed E-state index contributed by atoms with van der Waals surface area (Å²) in [7, 11) is 3.12. The van der Waals surface area contributed by atoms with Crippen LogP contribution in [0, 0.1) is 6.92 Å². The van der Waals surface area contributed by atoms with Gasteiger partial charge in [0.05, 0.1) is 30.1 Å². The van der Waals surface area contributed by atoms with Gasteiger partial charge in [-0.2, -0.15) is 0 Å². The highest BCUT2D eigenvalue weighted by Gasteiger charge is 2.20. The van der Waals surface area contributed by atoms with Crippen LogP contribution in [0.3, 0.4) is 0 Å². The molecule has 13 heteroatoms. The molecule has 4 rings (SSSR count). The largest absolute Gasteiger partial charge is 0.497 e. The van der Waals surface area contributed by atoms with Gasteiger partial charge in [-0.3, -0.25) is 9.20 Å². The van der Waals surface area contributed by atoms with Gasteiger partial charge >= 0.3 is 6.03 Å². The molecular weight excluding hydrogens is 633 g/mol. The van der Waals surface area contributed by atoms with E-state index in [4.69, 9.17) is 32.7 Å². The Balaban J connectivity index is 0.00000420. The number of carbonyl (C=O) groups is 2. The molecule has 0 spiro atoms. The number of hydrogen-bond donors (Lipinski definition) is 2. The lowest BCUT2D eigenvalue weighted by molar-refractivity contribution is -0.117. The van der Waals surface area contributed by atoms with Crippen molar-refractivity contribution in [1.29, 1.82) is 0 Å². The van der Waals surface area contributed by atoms with Crippen LogP contribution in [0.5, 0.6) is 11.5 Å². The molecule has 0 fully saturated rings. The summed E-state index contributed by atoms with van der Waals surface area (Å²) in [5, 5.41) is 5.87. The molecule has 0 aliphatic rings. The Labute approximate surface area is 249 Å². The number of imidazole rings is 1. The molecule has 2 aromatic heterocycles. The van der Waals surface area contributed by atoms with Crippen molar-refractivity contribution in [1.82, 2.24) is 14.7 Å². The number of methoxy groups -OCH3 is 1. The van der Waals surface area contributed by atoms with E-state index in [0.29, 0.717) is 39.1 Å². The number of aryl methyl sites for hydroxylation is 1. The molecule has 0 unspecified atom stereocenters. The van der Waals surface area contributed by atoms with Crippen molar-refractivity contribution >= 4 is 80.5 Å². The van der Waals surface area contributed by atoms with Crippen LogP contribution in [0.15, 0.2) is 59.3 Å². The van der Waals surface area contributed by atoms with Crippen LogP contribution in [0.4, 0.5) is 16.2 Å². The van der Waals surface area contributed by atoms with Crippen molar-refractivity contribution in [3.63, 3.8) is 0 Å². The van der Waals surface area contributed by atoms with Crippen molar-refractivity contribution in [2.24, 2.45) is 0 Å². The van der Waals surface area contributed by atoms with Crippen LogP contribution in [-0.2, 0) is 11.4 Å². The third kappa shape index (κ3) is 6.88. The summed E-state index contributed by atoms with van der Waals surface area (Å²) in [5.74, 6) is 0.836. The van der Waals surface area contributed by atoms with Crippen LogP contribution in [0.2, 0.25) is 10.0 Å². The molecule has 0 saturated carbocycles. The average Bonchev–Trinajstić information content (AvgIpc) is 3.21. The van der Waals surface area contributed by atoms with Crippen LogP contribution < -0.4 is 25.0 Å². The number of urea groups is 1. The highest BCUT2D eigenvalue weighted by molar-refractivity contribution is 9.10. The fraction of sp³-hybridized carbons (Fsp3) is 0.192. The molecule has 206 valence electrons. The topological polar surface area (TPSA) is 97.2 Å². The predicted molar refractivity (Wildman–Crippen MR) is 159 cm³/mol. The summed E-state index contributed by atoms with van der Waals surface area (Å²) >= 11 is 16.6. The van der Waals surface area contributed by atoms with Crippen LogP contribution in [-0.4, -0.2) is 42.0 Å². The summed E-state index contributed by atoms with van der Waals surface area (Å²) in [4.78, 5) is 30.9. The maximum Gasteiger partial charge on any atom is 0.319 e. The van der Waals surface area contributed by atoms with Crippen LogP contribution >= 0.6 is 51.5 Å². The Morgan fingerprint density at radius 1 is 1.13 bits per heavy atom. The van der Waals surface area contributed by atoms with Gasteiger partial charge in [-0.1, -0.05) is 23.2 Å². The number of likely N-dealkylation sites (N-methyl/N-ethyl adjacent to an activating group) is 1. The lowest BCUT2D eigenvalue weighted by Crippen LogP contribution is -2.40. The number of nitrogens with one attached hydrogen (secondary N) is 2. The van der Waals surface area contributed by atoms with Crippen LogP contribution in [0.25, 0.3) is 5.65 Å². The number of fused-ring (bicyclic) bond motifs is 1. The van der Waals surface area contributed by atoms with Gasteiger partial charge in [-0.25, -0.2) is 9.78 Å². The number of anilines is 2. The van der Waals surface area contributed by atoms with Gasteiger partial charge in [0, 0.05) is 29.5 Å². The van der Waals surface area contributed by atoms with E-state index in [1.165, 1.54) is 4.90 Å². The minimum absolute atomic E-state index is 0. The number of pyridine rings is 1. The number of halogens is 4. The molecule has 2 N–H and O–H groups in total. The Morgan fingerprint density at radius 2 is 1.85 bits per heavy atom. The highest BCUT2D eigenvalue weighted by Crippen LogP contribution is 2.35. The van der Waals surface area contributed by atoms with E-state index in [1.54, 1.807) is 56.6 Å². The Bertz CT molecular complexity index is 1500. The van der Waals surface area contributed by atoms with E-state index >= 15 is 0 Å². The summed E-state index contributed by atoms with van der Waals surface area (Å²) < 4.78 is 13.8. The minimum atomic E-state index is -0.525. The van der Waals surface area contributed by atoms with Crippen molar-refractivity contribution in [3.05, 3.63) is 80.6 Å². The van der Waals surface area contributed by atoms with Gasteiger partial charge < -0.3 is 25.0 Å². The summed E-state index contributed by atoms with van der Waals surface area (Å²) in [6.45, 7) is 1.70. The zero-order valence-electron chi connectivity index (χ0n) is 21.1. The monoisotopic (exact) mass is 655 g/mol. The fourth-order valence-corrected chi connectivity index (χ4v) is 4.61. The smallest absolute Gasteiger partial charge is 0.319 e. The summed E-state index contributed by atoms with van der Waals surface area (Å²) in [5.41, 5.74) is 2.97. The van der Waals surface area contributed by atoms with E-state index < -0.39 is 6.03 Å². The van der Waals surface area contributed by atoms with Gasteiger partial charge in [0.2, 0.25) is 5.91 Å². The van der Waals surface area contributed by atoms with Crippen molar-refractivity contribution < 1.29 is 19.1 Å². The molecule has 9 nitrogen and oxygen atoms in total. The predicted octanol–water partition coefficient (Wildman–Crippen LogP) is 6.51. The average molecular weight is 658 g/mol. The second-order valence-corrected chi connectivity index (χ2v) is 9.73. The maximum atomic E-state index is 12.8. The first-order valence-corrected chi connectivity index (χ1v) is 12.9. The SMILES string of the molecule is COc1ccc(NC(=O)NCC(=O)N(C)c2ccc(Cl)c(COc3cccn4c(Br)c(C)nc34)c2Cl)cc1.Cl. The number of aromatic nitrogens is 2. The van der Waals surface area contributed by atoms with E-state index in [1.807, 2.05) is 23.6 Å². The summed E-state index contributed by atoms with van der Waals surface area (Å²) in [6.07, 6.45) is 1.87. The molecule has 0 saturated heterocycles. The van der Waals surface area contributed by atoms with E-state index in [0.717, 1.165) is 10.3 Å². The number of rotatable bonds is 8. The lowest BCUT2D eigenvalue weighted by Gasteiger charge is -2.21. The normalized spacial score (nSPS) is 10.5. The third-order valence-corrected chi connectivity index (χ3v) is 7.47. The molecule has 0 aliphatic heterocycles. The molecule has 0 aliphatic carbocycles. The maximum absolute atomic E-state index is 12.8. The third-order valence-electron chi connectivity index (χ3n) is 5.74. The molecule has 4 aromatic rings. The van der Waals surface area contributed by atoms with Gasteiger partial charge in [0.1, 0.15) is 17.0 Å². The molecule has 0 radical (unpaired) electrons. The highest BCUT2D eigenvalue weighted by atomic mass is 79.9. The second-order valence-electron chi connectivity index (χ2n) is 8.19. The van der Waals surface area contributed by atoms with Crippen LogP contribution in [0.1, 0.15) is 11.3 Å². The number of carbonyl (C=O) groups excluding carboxylic acids is 2. The minimum Gasteiger partial charge on any atom is -0.497 e. The van der Waals surface area contributed by atoms with E-state index in [-0.39, 0.29) is 36.5 Å². The van der Waals surface area contributed by atoms with Crippen molar-refractivity contribution in [3.8, 4) is 11.5 Å². The standard InChI is InChI=1S/C26H24BrCl2N5O4.ClH/c1-15-24(27)34-12-4-5-21(25(34)31-15)38-14-18-19(28)10-11-20(23(18)29)33(2)22(35)13-30-26(36)32-16-6-8-17(37-3)9-7-16;/h4-12H,13-14H2,1-3H3,(H2,30,32,36);1H. The first kappa shape index (κ1) is 30.4. The van der Waals surface area contributed by atoms with E-state index in [9.17, 15) is 9.59 Å². The van der Waals surface area contributed by atoms with Gasteiger partial charge in [-0.05, 0) is 71.4 Å². The number of nitrogens with zero attached hydrogens (tertiary/aromatic N) is 3. The molecule has 2 aromatic carbocycles. The van der Waals surface area contributed by atoms with Gasteiger partial charge in [-0.15, -0.1) is 12.4 Å². The van der Waals surface area contributed by atoms with Crippen molar-refractivity contribution in [2.75, 3.05) is 30.9 Å². The second kappa shape index (κ2) is 13.3. The zero-order valence-corrected chi connectivity index (χ0v) is 25.0. The number of ether oxygens (including phenoxy) is 2. The molecule has 39 heavy (non-hydrogen) atoms. The quantitative estimate of drug-likeness (QED) is 0.225. The van der Waals surface area contributed by atoms with Gasteiger partial charge in [0.25, 0.3) is 0 Å². The zero-order chi connectivity index (χ0) is 27.4. The number of amides is 3.